The van der Waals surface area contributed by atoms with Crippen LogP contribution in [0.5, 0.6) is 5.75 Å². The molecule has 0 aliphatic rings. The van der Waals surface area contributed by atoms with Gasteiger partial charge in [-0.3, -0.25) is 0 Å². The minimum atomic E-state index is -4.42. The Hall–Kier alpha value is -2.11. The van der Waals surface area contributed by atoms with Crippen molar-refractivity contribution in [2.24, 2.45) is 0 Å². The van der Waals surface area contributed by atoms with Crippen molar-refractivity contribution in [2.45, 2.75) is 12.8 Å². The fourth-order valence-electron chi connectivity index (χ4n) is 1.70. The Labute approximate surface area is 111 Å². The summed E-state index contributed by atoms with van der Waals surface area (Å²) >= 11 is 0. The van der Waals surface area contributed by atoms with Crippen LogP contribution in [0.3, 0.4) is 0 Å². The molecule has 0 aliphatic heterocycles. The van der Waals surface area contributed by atoms with Gasteiger partial charge < -0.3 is 4.74 Å². The Kier molecular flexibility index (Phi) is 3.92. The van der Waals surface area contributed by atoms with Crippen LogP contribution in [0.4, 0.5) is 22.0 Å². The van der Waals surface area contributed by atoms with E-state index < -0.39 is 18.4 Å². The van der Waals surface area contributed by atoms with Gasteiger partial charge in [0.1, 0.15) is 5.75 Å². The highest BCUT2D eigenvalue weighted by Gasteiger charge is 2.30. The molecule has 0 fully saturated rings. The van der Waals surface area contributed by atoms with Gasteiger partial charge in [-0.1, -0.05) is 24.3 Å². The van der Waals surface area contributed by atoms with Crippen molar-refractivity contribution in [3.63, 3.8) is 0 Å². The third-order valence-electron chi connectivity index (χ3n) is 2.60. The zero-order chi connectivity index (χ0) is 14.8. The molecule has 0 heterocycles. The molecule has 2 aromatic rings. The molecule has 1 nitrogen and oxygen atoms in total. The van der Waals surface area contributed by atoms with Gasteiger partial charge in [-0.15, -0.1) is 0 Å². The number of hydrogen-bond donors (Lipinski definition) is 0. The summed E-state index contributed by atoms with van der Waals surface area (Å²) in [5.74, 6) is -0.0456. The second kappa shape index (κ2) is 5.48. The SMILES string of the molecule is FC(F)Oc1ccc(-c2cccc(C(F)(F)F)c2)cc1. The van der Waals surface area contributed by atoms with E-state index in [1.807, 2.05) is 0 Å². The summed E-state index contributed by atoms with van der Waals surface area (Å²) in [7, 11) is 0. The van der Waals surface area contributed by atoms with Crippen molar-refractivity contribution >= 4 is 0 Å². The predicted octanol–water partition coefficient (Wildman–Crippen LogP) is 4.97. The summed E-state index contributed by atoms with van der Waals surface area (Å²) in [4.78, 5) is 0. The molecule has 0 N–H and O–H groups in total. The van der Waals surface area contributed by atoms with Crippen LogP contribution >= 0.6 is 0 Å². The second-order valence-corrected chi connectivity index (χ2v) is 3.98. The van der Waals surface area contributed by atoms with Crippen LogP contribution < -0.4 is 4.74 Å². The van der Waals surface area contributed by atoms with E-state index in [1.54, 1.807) is 0 Å². The zero-order valence-electron chi connectivity index (χ0n) is 9.99. The summed E-state index contributed by atoms with van der Waals surface area (Å²) in [5.41, 5.74) is 0.0732. The lowest BCUT2D eigenvalue weighted by molar-refractivity contribution is -0.137. The van der Waals surface area contributed by atoms with E-state index in [0.717, 1.165) is 12.1 Å². The summed E-state index contributed by atoms with van der Waals surface area (Å²) in [5, 5.41) is 0. The third-order valence-corrected chi connectivity index (χ3v) is 2.60. The lowest BCUT2D eigenvalue weighted by Gasteiger charge is -2.09. The van der Waals surface area contributed by atoms with E-state index in [1.165, 1.54) is 36.4 Å². The van der Waals surface area contributed by atoms with Gasteiger partial charge in [-0.2, -0.15) is 22.0 Å². The smallest absolute Gasteiger partial charge is 0.416 e. The molecule has 0 amide bonds. The molecule has 0 spiro atoms. The number of rotatable bonds is 3. The van der Waals surface area contributed by atoms with Gasteiger partial charge in [0.05, 0.1) is 5.56 Å². The highest BCUT2D eigenvalue weighted by molar-refractivity contribution is 5.65. The quantitative estimate of drug-likeness (QED) is 0.724. The minimum absolute atomic E-state index is 0.0456. The van der Waals surface area contributed by atoms with Crippen molar-refractivity contribution in [3.05, 3.63) is 54.1 Å². The van der Waals surface area contributed by atoms with Crippen LogP contribution in [-0.2, 0) is 6.18 Å². The maximum atomic E-state index is 12.6. The summed E-state index contributed by atoms with van der Waals surface area (Å²) in [6.07, 6.45) is -4.42. The molecule has 0 atom stereocenters. The zero-order valence-corrected chi connectivity index (χ0v) is 9.99. The molecule has 0 aromatic heterocycles. The normalized spacial score (nSPS) is 11.7. The molecule has 0 radical (unpaired) electrons. The second-order valence-electron chi connectivity index (χ2n) is 3.98. The van der Waals surface area contributed by atoms with E-state index in [4.69, 9.17) is 0 Å². The highest BCUT2D eigenvalue weighted by Crippen LogP contribution is 2.32. The van der Waals surface area contributed by atoms with Crippen LogP contribution in [0.25, 0.3) is 11.1 Å². The molecule has 0 bridgehead atoms. The number of benzene rings is 2. The van der Waals surface area contributed by atoms with Crippen molar-refractivity contribution in [1.82, 2.24) is 0 Å². The number of alkyl halides is 5. The Morgan fingerprint density at radius 1 is 0.850 bits per heavy atom. The first kappa shape index (κ1) is 14.3. The third kappa shape index (κ3) is 3.46. The average Bonchev–Trinajstić information content (AvgIpc) is 2.38. The van der Waals surface area contributed by atoms with Gasteiger partial charge in [0.2, 0.25) is 0 Å². The number of hydrogen-bond acceptors (Lipinski definition) is 1. The summed E-state index contributed by atoms with van der Waals surface area (Å²) in [6, 6.07) is 10.2. The van der Waals surface area contributed by atoms with Crippen molar-refractivity contribution in [3.8, 4) is 16.9 Å². The van der Waals surface area contributed by atoms with Crippen LogP contribution in [0.1, 0.15) is 5.56 Å². The van der Waals surface area contributed by atoms with Crippen LogP contribution in [0, 0.1) is 0 Å². The number of ether oxygens (including phenoxy) is 1. The first-order valence-electron chi connectivity index (χ1n) is 5.59. The Bertz CT molecular complexity index is 575. The molecule has 0 unspecified atom stereocenters. The molecule has 0 saturated carbocycles. The van der Waals surface area contributed by atoms with E-state index >= 15 is 0 Å². The number of halogens is 5. The Balaban J connectivity index is 2.28. The molecule has 2 rings (SSSR count). The van der Waals surface area contributed by atoms with Crippen LogP contribution in [-0.4, -0.2) is 6.61 Å². The average molecular weight is 288 g/mol. The predicted molar refractivity (Wildman–Crippen MR) is 63.5 cm³/mol. The standard InChI is InChI=1S/C14H9F5O/c15-13(16)20-12-6-4-9(5-7-12)10-2-1-3-11(8-10)14(17,18)19/h1-8,13H. The molecular weight excluding hydrogens is 279 g/mol. The van der Waals surface area contributed by atoms with Gasteiger partial charge >= 0.3 is 12.8 Å². The molecule has 2 aromatic carbocycles. The van der Waals surface area contributed by atoms with E-state index in [0.29, 0.717) is 11.1 Å². The lowest BCUT2D eigenvalue weighted by Crippen LogP contribution is -2.04. The summed E-state index contributed by atoms with van der Waals surface area (Å²) in [6.45, 7) is -2.94. The lowest BCUT2D eigenvalue weighted by atomic mass is 10.0. The van der Waals surface area contributed by atoms with Crippen LogP contribution in [0.2, 0.25) is 0 Å². The molecule has 0 aliphatic carbocycles. The van der Waals surface area contributed by atoms with Gasteiger partial charge in [-0.25, -0.2) is 0 Å². The van der Waals surface area contributed by atoms with Gasteiger partial charge in [0.15, 0.2) is 0 Å². The fraction of sp³-hybridized carbons (Fsp3) is 0.143. The van der Waals surface area contributed by atoms with Crippen molar-refractivity contribution in [2.75, 3.05) is 0 Å². The largest absolute Gasteiger partial charge is 0.435 e. The van der Waals surface area contributed by atoms with Crippen LogP contribution in [0.15, 0.2) is 48.5 Å². The van der Waals surface area contributed by atoms with Crippen molar-refractivity contribution in [1.29, 1.82) is 0 Å². The molecular formula is C14H9F5O. The maximum Gasteiger partial charge on any atom is 0.416 e. The van der Waals surface area contributed by atoms with Crippen molar-refractivity contribution < 1.29 is 26.7 Å². The highest BCUT2D eigenvalue weighted by atomic mass is 19.4. The molecule has 0 saturated heterocycles. The first-order chi connectivity index (χ1) is 9.36. The Morgan fingerprint density at radius 3 is 2.05 bits per heavy atom. The van der Waals surface area contributed by atoms with E-state index in [2.05, 4.69) is 4.74 Å². The molecule has 6 heteroatoms. The summed E-state index contributed by atoms with van der Waals surface area (Å²) < 4.78 is 65.9. The van der Waals surface area contributed by atoms with Gasteiger partial charge in [-0.05, 0) is 35.4 Å². The Morgan fingerprint density at radius 2 is 1.50 bits per heavy atom. The minimum Gasteiger partial charge on any atom is -0.435 e. The first-order valence-corrected chi connectivity index (χ1v) is 5.59. The topological polar surface area (TPSA) is 9.23 Å². The van der Waals surface area contributed by atoms with E-state index in [9.17, 15) is 22.0 Å². The van der Waals surface area contributed by atoms with E-state index in [-0.39, 0.29) is 5.75 Å². The monoisotopic (exact) mass is 288 g/mol. The maximum absolute atomic E-state index is 12.6. The molecule has 20 heavy (non-hydrogen) atoms. The van der Waals surface area contributed by atoms with Gasteiger partial charge in [0.25, 0.3) is 0 Å². The fourth-order valence-corrected chi connectivity index (χ4v) is 1.70. The molecule has 106 valence electrons. The van der Waals surface area contributed by atoms with Gasteiger partial charge in [0, 0.05) is 0 Å².